The lowest BCUT2D eigenvalue weighted by molar-refractivity contribution is -0.137. The molecule has 0 spiro atoms. The van der Waals surface area contributed by atoms with Crippen molar-refractivity contribution in [1.29, 1.82) is 0 Å². The number of pyridine rings is 1. The highest BCUT2D eigenvalue weighted by Gasteiger charge is 2.32. The van der Waals surface area contributed by atoms with Crippen molar-refractivity contribution < 1.29 is 18.3 Å². The Hall–Kier alpha value is -1.01. The molecule has 0 amide bonds. The molecule has 3 nitrogen and oxygen atoms in total. The summed E-state index contributed by atoms with van der Waals surface area (Å²) in [6, 6.07) is 1.78. The van der Waals surface area contributed by atoms with E-state index in [1.807, 2.05) is 0 Å². The average molecular weight is 295 g/mol. The van der Waals surface area contributed by atoms with Gasteiger partial charge in [0.2, 0.25) is 0 Å². The number of aromatic nitrogens is 1. The first kappa shape index (κ1) is 14.4. The Kier molecular flexibility index (Phi) is 4.20. The van der Waals surface area contributed by atoms with E-state index in [9.17, 15) is 18.3 Å². The molecule has 0 saturated heterocycles. The highest BCUT2D eigenvalue weighted by atomic mass is 35.5. The SMILES string of the molecule is OC1CCC(Nc2cc(C(F)(F)F)cc(Cl)n2)CC1. The maximum absolute atomic E-state index is 12.6. The zero-order valence-corrected chi connectivity index (χ0v) is 10.8. The van der Waals surface area contributed by atoms with Crippen molar-refractivity contribution in [3.8, 4) is 0 Å². The van der Waals surface area contributed by atoms with E-state index >= 15 is 0 Å². The molecule has 0 radical (unpaired) electrons. The fraction of sp³-hybridized carbons (Fsp3) is 0.583. The number of anilines is 1. The van der Waals surface area contributed by atoms with Crippen LogP contribution in [0.4, 0.5) is 19.0 Å². The van der Waals surface area contributed by atoms with Crippen LogP contribution in [0.15, 0.2) is 12.1 Å². The third-order valence-corrected chi connectivity index (χ3v) is 3.36. The predicted octanol–water partition coefficient (Wildman–Crippen LogP) is 3.47. The average Bonchev–Trinajstić information content (AvgIpc) is 2.30. The standard InChI is InChI=1S/C12H14ClF3N2O/c13-10-5-7(12(14,15)16)6-11(18-10)17-8-1-3-9(19)4-2-8/h5-6,8-9,19H,1-4H2,(H,17,18). The first-order valence-electron chi connectivity index (χ1n) is 6.04. The third kappa shape index (κ3) is 3.98. The van der Waals surface area contributed by atoms with Crippen molar-refractivity contribution in [2.45, 2.75) is 44.0 Å². The van der Waals surface area contributed by atoms with Crippen molar-refractivity contribution in [1.82, 2.24) is 4.98 Å². The quantitative estimate of drug-likeness (QED) is 0.821. The van der Waals surface area contributed by atoms with Crippen LogP contribution < -0.4 is 5.32 Å². The van der Waals surface area contributed by atoms with Gasteiger partial charge in [-0.05, 0) is 37.8 Å². The van der Waals surface area contributed by atoms with Crippen LogP contribution in [-0.4, -0.2) is 22.2 Å². The number of nitrogens with one attached hydrogen (secondary N) is 1. The van der Waals surface area contributed by atoms with Gasteiger partial charge >= 0.3 is 6.18 Å². The van der Waals surface area contributed by atoms with E-state index in [1.54, 1.807) is 0 Å². The summed E-state index contributed by atoms with van der Waals surface area (Å²) < 4.78 is 37.9. The van der Waals surface area contributed by atoms with Gasteiger partial charge in [0.25, 0.3) is 0 Å². The molecule has 106 valence electrons. The van der Waals surface area contributed by atoms with E-state index in [4.69, 9.17) is 11.6 Å². The number of halogens is 4. The number of hydrogen-bond acceptors (Lipinski definition) is 3. The van der Waals surface area contributed by atoms with Gasteiger partial charge in [0.1, 0.15) is 11.0 Å². The summed E-state index contributed by atoms with van der Waals surface area (Å²) in [5.74, 6) is 0.126. The van der Waals surface area contributed by atoms with Crippen LogP contribution in [0.2, 0.25) is 5.15 Å². The molecule has 0 unspecified atom stereocenters. The van der Waals surface area contributed by atoms with E-state index in [2.05, 4.69) is 10.3 Å². The molecular formula is C12H14ClF3N2O. The van der Waals surface area contributed by atoms with E-state index < -0.39 is 11.7 Å². The van der Waals surface area contributed by atoms with Crippen LogP contribution in [0.5, 0.6) is 0 Å². The molecule has 0 aromatic carbocycles. The molecule has 1 aromatic rings. The summed E-state index contributed by atoms with van der Waals surface area (Å²) in [5.41, 5.74) is -0.814. The van der Waals surface area contributed by atoms with Crippen molar-refractivity contribution in [2.75, 3.05) is 5.32 Å². The molecule has 0 bridgehead atoms. The fourth-order valence-corrected chi connectivity index (χ4v) is 2.37. The molecule has 1 fully saturated rings. The van der Waals surface area contributed by atoms with Crippen LogP contribution >= 0.6 is 11.6 Å². The van der Waals surface area contributed by atoms with Gasteiger partial charge in [-0.15, -0.1) is 0 Å². The van der Waals surface area contributed by atoms with Gasteiger partial charge in [-0.1, -0.05) is 11.6 Å². The fourth-order valence-electron chi connectivity index (χ4n) is 2.16. The lowest BCUT2D eigenvalue weighted by Crippen LogP contribution is -2.28. The number of aliphatic hydroxyl groups is 1. The first-order chi connectivity index (χ1) is 8.84. The molecule has 1 saturated carbocycles. The second-order valence-electron chi connectivity index (χ2n) is 4.71. The second kappa shape index (κ2) is 5.54. The maximum Gasteiger partial charge on any atom is 0.416 e. The van der Waals surface area contributed by atoms with E-state index in [1.165, 1.54) is 0 Å². The van der Waals surface area contributed by atoms with E-state index in [0.29, 0.717) is 25.7 Å². The number of nitrogens with zero attached hydrogens (tertiary/aromatic N) is 1. The Balaban J connectivity index is 2.10. The lowest BCUT2D eigenvalue weighted by Gasteiger charge is -2.26. The topological polar surface area (TPSA) is 45.1 Å². The summed E-state index contributed by atoms with van der Waals surface area (Å²) >= 11 is 5.61. The zero-order chi connectivity index (χ0) is 14.0. The molecule has 0 aliphatic heterocycles. The number of alkyl halides is 3. The lowest BCUT2D eigenvalue weighted by atomic mass is 9.93. The minimum Gasteiger partial charge on any atom is -0.393 e. The molecule has 1 heterocycles. The molecule has 2 N–H and O–H groups in total. The minimum atomic E-state index is -4.44. The maximum atomic E-state index is 12.6. The summed E-state index contributed by atoms with van der Waals surface area (Å²) in [6.45, 7) is 0. The summed E-state index contributed by atoms with van der Waals surface area (Å²) in [6.07, 6.45) is -2.05. The van der Waals surface area contributed by atoms with Crippen LogP contribution in [0.1, 0.15) is 31.2 Å². The van der Waals surface area contributed by atoms with Crippen molar-refractivity contribution in [3.05, 3.63) is 22.8 Å². The van der Waals surface area contributed by atoms with Gasteiger partial charge in [0, 0.05) is 6.04 Å². The first-order valence-corrected chi connectivity index (χ1v) is 6.42. The van der Waals surface area contributed by atoms with Crippen LogP contribution in [0.25, 0.3) is 0 Å². The number of hydrogen-bond donors (Lipinski definition) is 2. The van der Waals surface area contributed by atoms with E-state index in [-0.39, 0.29) is 23.1 Å². The smallest absolute Gasteiger partial charge is 0.393 e. The second-order valence-corrected chi connectivity index (χ2v) is 5.10. The Bertz CT molecular complexity index is 445. The molecule has 0 atom stereocenters. The molecule has 19 heavy (non-hydrogen) atoms. The van der Waals surface area contributed by atoms with E-state index in [0.717, 1.165) is 12.1 Å². The van der Waals surface area contributed by atoms with Crippen molar-refractivity contribution in [2.24, 2.45) is 0 Å². The van der Waals surface area contributed by atoms with Crippen molar-refractivity contribution in [3.63, 3.8) is 0 Å². The Labute approximate surface area is 113 Å². The van der Waals surface area contributed by atoms with Gasteiger partial charge in [-0.3, -0.25) is 0 Å². The number of rotatable bonds is 2. The van der Waals surface area contributed by atoms with Crippen molar-refractivity contribution >= 4 is 17.4 Å². The van der Waals surface area contributed by atoms with Gasteiger partial charge in [0.15, 0.2) is 0 Å². The van der Waals surface area contributed by atoms with Crippen LogP contribution in [0.3, 0.4) is 0 Å². The van der Waals surface area contributed by atoms with Crippen LogP contribution in [0, 0.1) is 0 Å². The molecule has 1 aliphatic carbocycles. The molecule has 1 aliphatic rings. The summed E-state index contributed by atoms with van der Waals surface area (Å²) in [7, 11) is 0. The monoisotopic (exact) mass is 294 g/mol. The molecule has 2 rings (SSSR count). The van der Waals surface area contributed by atoms with Crippen LogP contribution in [-0.2, 0) is 6.18 Å². The Morgan fingerprint density at radius 2 is 1.84 bits per heavy atom. The zero-order valence-electron chi connectivity index (χ0n) is 10.0. The third-order valence-electron chi connectivity index (χ3n) is 3.17. The molecule has 1 aromatic heterocycles. The Morgan fingerprint density at radius 1 is 1.21 bits per heavy atom. The summed E-state index contributed by atoms with van der Waals surface area (Å²) in [5, 5.41) is 12.1. The highest BCUT2D eigenvalue weighted by molar-refractivity contribution is 6.29. The molecule has 7 heteroatoms. The normalized spacial score (nSPS) is 24.3. The predicted molar refractivity (Wildman–Crippen MR) is 66.1 cm³/mol. The number of aliphatic hydroxyl groups excluding tert-OH is 1. The van der Waals surface area contributed by atoms with Gasteiger partial charge < -0.3 is 10.4 Å². The van der Waals surface area contributed by atoms with Gasteiger partial charge in [-0.2, -0.15) is 13.2 Å². The van der Waals surface area contributed by atoms with Gasteiger partial charge in [-0.25, -0.2) is 4.98 Å². The Morgan fingerprint density at radius 3 is 2.42 bits per heavy atom. The highest BCUT2D eigenvalue weighted by Crippen LogP contribution is 2.32. The molecular weight excluding hydrogens is 281 g/mol. The minimum absolute atomic E-state index is 0.0236. The van der Waals surface area contributed by atoms with Gasteiger partial charge in [0.05, 0.1) is 11.7 Å². The summed E-state index contributed by atoms with van der Waals surface area (Å²) in [4.78, 5) is 3.85. The largest absolute Gasteiger partial charge is 0.416 e.